The summed E-state index contributed by atoms with van der Waals surface area (Å²) in [4.78, 5) is 4.60. The predicted octanol–water partition coefficient (Wildman–Crippen LogP) is 2.21. The van der Waals surface area contributed by atoms with Crippen LogP contribution in [0.3, 0.4) is 0 Å². The monoisotopic (exact) mass is 369 g/mol. The summed E-state index contributed by atoms with van der Waals surface area (Å²) in [6.07, 6.45) is 1.88. The van der Waals surface area contributed by atoms with Gasteiger partial charge in [0.2, 0.25) is 0 Å². The summed E-state index contributed by atoms with van der Waals surface area (Å²) in [5, 5.41) is 6.52. The average Bonchev–Trinajstić information content (AvgIpc) is 2.55. The molecule has 0 aliphatic rings. The van der Waals surface area contributed by atoms with Gasteiger partial charge in [-0.25, -0.2) is 13.4 Å². The van der Waals surface area contributed by atoms with E-state index in [0.29, 0.717) is 25.5 Å². The fraction of sp³-hybridized carbons (Fsp3) is 0.611. The lowest BCUT2D eigenvalue weighted by Gasteiger charge is -2.25. The molecule has 1 rings (SSSR count). The standard InChI is InChI=1S/C18H31N3O3S/c1-6-19-17(20-13-15-9-7-8-10-16(15)24-4)21-14-18(2,3)11-12-25(5,22)23/h7-10H,6,11-14H2,1-5H3,(H2,19,20,21). The molecule has 1 aromatic carbocycles. The Labute approximate surface area is 152 Å². The molecular formula is C18H31N3O3S. The molecule has 0 unspecified atom stereocenters. The van der Waals surface area contributed by atoms with Gasteiger partial charge >= 0.3 is 0 Å². The van der Waals surface area contributed by atoms with Crippen molar-refractivity contribution in [3.63, 3.8) is 0 Å². The van der Waals surface area contributed by atoms with Crippen molar-refractivity contribution < 1.29 is 13.2 Å². The van der Waals surface area contributed by atoms with Crippen LogP contribution in [-0.2, 0) is 16.4 Å². The van der Waals surface area contributed by atoms with Crippen LogP contribution in [0.1, 0.15) is 32.8 Å². The fourth-order valence-corrected chi connectivity index (χ4v) is 3.14. The Morgan fingerprint density at radius 2 is 1.92 bits per heavy atom. The largest absolute Gasteiger partial charge is 0.496 e. The Morgan fingerprint density at radius 1 is 1.24 bits per heavy atom. The second kappa shape index (κ2) is 9.65. The smallest absolute Gasteiger partial charge is 0.191 e. The first-order valence-electron chi connectivity index (χ1n) is 8.48. The molecule has 0 bridgehead atoms. The van der Waals surface area contributed by atoms with Crippen LogP contribution in [0.25, 0.3) is 0 Å². The Balaban J connectivity index is 2.69. The van der Waals surface area contributed by atoms with Crippen molar-refractivity contribution in [1.82, 2.24) is 10.6 Å². The van der Waals surface area contributed by atoms with E-state index < -0.39 is 9.84 Å². The maximum Gasteiger partial charge on any atom is 0.191 e. The Bertz CT molecular complexity index is 670. The van der Waals surface area contributed by atoms with Crippen LogP contribution in [-0.4, -0.2) is 46.6 Å². The zero-order valence-electron chi connectivity index (χ0n) is 15.9. The minimum absolute atomic E-state index is 0.149. The number of nitrogens with zero attached hydrogens (tertiary/aromatic N) is 1. The highest BCUT2D eigenvalue weighted by atomic mass is 32.2. The van der Waals surface area contributed by atoms with Crippen LogP contribution in [0.15, 0.2) is 29.3 Å². The van der Waals surface area contributed by atoms with Crippen LogP contribution in [0, 0.1) is 5.41 Å². The molecule has 2 N–H and O–H groups in total. The lowest BCUT2D eigenvalue weighted by atomic mass is 9.90. The van der Waals surface area contributed by atoms with E-state index in [1.54, 1.807) is 7.11 Å². The average molecular weight is 370 g/mol. The van der Waals surface area contributed by atoms with Crippen LogP contribution in [0.5, 0.6) is 5.75 Å². The molecule has 7 heteroatoms. The van der Waals surface area contributed by atoms with Crippen molar-refractivity contribution in [2.24, 2.45) is 10.4 Å². The first-order valence-corrected chi connectivity index (χ1v) is 10.5. The van der Waals surface area contributed by atoms with E-state index in [2.05, 4.69) is 29.5 Å². The zero-order chi connectivity index (χ0) is 18.9. The summed E-state index contributed by atoms with van der Waals surface area (Å²) in [7, 11) is -1.30. The Morgan fingerprint density at radius 3 is 2.52 bits per heavy atom. The van der Waals surface area contributed by atoms with Crippen molar-refractivity contribution in [1.29, 1.82) is 0 Å². The molecule has 0 heterocycles. The number of rotatable bonds is 9. The van der Waals surface area contributed by atoms with E-state index in [4.69, 9.17) is 4.74 Å². The first-order chi connectivity index (χ1) is 11.7. The molecule has 0 amide bonds. The van der Waals surface area contributed by atoms with E-state index in [0.717, 1.165) is 17.9 Å². The predicted molar refractivity (Wildman–Crippen MR) is 104 cm³/mol. The molecule has 0 atom stereocenters. The summed E-state index contributed by atoms with van der Waals surface area (Å²) in [5.41, 5.74) is 0.863. The maximum absolute atomic E-state index is 11.4. The van der Waals surface area contributed by atoms with Gasteiger partial charge in [-0.2, -0.15) is 0 Å². The number of sulfone groups is 1. The fourth-order valence-electron chi connectivity index (χ4n) is 2.21. The van der Waals surface area contributed by atoms with Gasteiger partial charge in [0.1, 0.15) is 15.6 Å². The van der Waals surface area contributed by atoms with Gasteiger partial charge in [0, 0.05) is 24.9 Å². The molecule has 0 saturated heterocycles. The highest BCUT2D eigenvalue weighted by molar-refractivity contribution is 7.90. The van der Waals surface area contributed by atoms with Crippen molar-refractivity contribution in [3.8, 4) is 5.75 Å². The second-order valence-corrected chi connectivity index (χ2v) is 9.16. The summed E-state index contributed by atoms with van der Waals surface area (Å²) in [6.45, 7) is 8.00. The van der Waals surface area contributed by atoms with E-state index in [1.807, 2.05) is 31.2 Å². The van der Waals surface area contributed by atoms with Gasteiger partial charge in [-0.05, 0) is 24.8 Å². The lowest BCUT2D eigenvalue weighted by molar-refractivity contribution is 0.348. The number of para-hydroxylation sites is 1. The number of ether oxygens (including phenoxy) is 1. The molecule has 142 valence electrons. The van der Waals surface area contributed by atoms with Gasteiger partial charge in [-0.15, -0.1) is 0 Å². The van der Waals surface area contributed by atoms with Crippen LogP contribution in [0.4, 0.5) is 0 Å². The second-order valence-electron chi connectivity index (χ2n) is 6.90. The highest BCUT2D eigenvalue weighted by Gasteiger charge is 2.20. The summed E-state index contributed by atoms with van der Waals surface area (Å²) < 4.78 is 28.1. The molecule has 6 nitrogen and oxygen atoms in total. The molecule has 0 aliphatic heterocycles. The molecular weight excluding hydrogens is 338 g/mol. The number of benzene rings is 1. The van der Waals surface area contributed by atoms with E-state index in [-0.39, 0.29) is 11.2 Å². The van der Waals surface area contributed by atoms with Gasteiger partial charge < -0.3 is 15.4 Å². The van der Waals surface area contributed by atoms with Crippen molar-refractivity contribution in [3.05, 3.63) is 29.8 Å². The third kappa shape index (κ3) is 8.77. The minimum atomic E-state index is -2.95. The minimum Gasteiger partial charge on any atom is -0.496 e. The normalized spacial score (nSPS) is 12.8. The third-order valence-corrected chi connectivity index (χ3v) is 4.77. The van der Waals surface area contributed by atoms with Gasteiger partial charge in [0.05, 0.1) is 19.4 Å². The Kier molecular flexibility index (Phi) is 8.22. The zero-order valence-corrected chi connectivity index (χ0v) is 16.7. The molecule has 25 heavy (non-hydrogen) atoms. The summed E-state index contributed by atoms with van der Waals surface area (Å²) in [6, 6.07) is 7.79. The van der Waals surface area contributed by atoms with Crippen molar-refractivity contribution in [2.45, 2.75) is 33.7 Å². The molecule has 0 fully saturated rings. The number of methoxy groups -OCH3 is 1. The van der Waals surface area contributed by atoms with Crippen LogP contribution >= 0.6 is 0 Å². The van der Waals surface area contributed by atoms with Crippen LogP contribution < -0.4 is 15.4 Å². The summed E-state index contributed by atoms with van der Waals surface area (Å²) in [5.74, 6) is 1.72. The summed E-state index contributed by atoms with van der Waals surface area (Å²) >= 11 is 0. The highest BCUT2D eigenvalue weighted by Crippen LogP contribution is 2.20. The third-order valence-electron chi connectivity index (χ3n) is 3.83. The molecule has 0 spiro atoms. The van der Waals surface area contributed by atoms with Gasteiger partial charge in [-0.1, -0.05) is 32.0 Å². The SMILES string of the molecule is CCNC(=NCc1ccccc1OC)NCC(C)(C)CCS(C)(=O)=O. The van der Waals surface area contributed by atoms with Crippen LogP contribution in [0.2, 0.25) is 0 Å². The first kappa shape index (κ1) is 21.3. The molecule has 1 aromatic rings. The van der Waals surface area contributed by atoms with Crippen molar-refractivity contribution >= 4 is 15.8 Å². The Hall–Kier alpha value is -1.76. The van der Waals surface area contributed by atoms with Gasteiger partial charge in [0.15, 0.2) is 5.96 Å². The number of hydrogen-bond acceptors (Lipinski definition) is 4. The number of aliphatic imine (C=N–C) groups is 1. The maximum atomic E-state index is 11.4. The number of guanidine groups is 1. The van der Waals surface area contributed by atoms with E-state index >= 15 is 0 Å². The quantitative estimate of drug-likeness (QED) is 0.515. The topological polar surface area (TPSA) is 79.8 Å². The number of nitrogens with one attached hydrogen (secondary N) is 2. The van der Waals surface area contributed by atoms with E-state index in [9.17, 15) is 8.42 Å². The molecule has 0 radical (unpaired) electrons. The molecule has 0 aliphatic carbocycles. The molecule has 0 aromatic heterocycles. The van der Waals surface area contributed by atoms with Gasteiger partial charge in [0.25, 0.3) is 0 Å². The molecule has 0 saturated carbocycles. The lowest BCUT2D eigenvalue weighted by Crippen LogP contribution is -2.42. The van der Waals surface area contributed by atoms with Crippen molar-refractivity contribution in [2.75, 3.05) is 32.2 Å². The van der Waals surface area contributed by atoms with Gasteiger partial charge in [-0.3, -0.25) is 0 Å². The number of hydrogen-bond donors (Lipinski definition) is 2. The van der Waals surface area contributed by atoms with E-state index in [1.165, 1.54) is 6.26 Å².